The molecule has 0 spiro atoms. The van der Waals surface area contributed by atoms with Crippen molar-refractivity contribution in [3.63, 3.8) is 0 Å². The molecule has 5 rings (SSSR count). The molecule has 2 aliphatic rings. The lowest BCUT2D eigenvalue weighted by molar-refractivity contribution is -0.0886. The van der Waals surface area contributed by atoms with Crippen LogP contribution in [0.2, 0.25) is 0 Å². The molecule has 3 aromatic heterocycles. The van der Waals surface area contributed by atoms with E-state index in [1.807, 2.05) is 0 Å². The molecule has 2 fully saturated rings. The first-order valence-corrected chi connectivity index (χ1v) is 11.0. The Bertz CT molecular complexity index is 1340. The number of nitrogens with one attached hydrogen (secondary N) is 1. The van der Waals surface area contributed by atoms with Crippen molar-refractivity contribution in [2.75, 3.05) is 0 Å². The summed E-state index contributed by atoms with van der Waals surface area (Å²) in [4.78, 5) is 40.4. The van der Waals surface area contributed by atoms with Gasteiger partial charge in [0.2, 0.25) is 11.8 Å². The second-order valence-corrected chi connectivity index (χ2v) is 9.11. The van der Waals surface area contributed by atoms with Crippen LogP contribution < -0.4 is 11.2 Å². The van der Waals surface area contributed by atoms with Crippen LogP contribution >= 0.6 is 0 Å². The number of carbonyl (C=O) groups is 1. The van der Waals surface area contributed by atoms with Crippen LogP contribution in [0, 0.1) is 0 Å². The van der Waals surface area contributed by atoms with Crippen molar-refractivity contribution in [3.05, 3.63) is 52.0 Å². The second kappa shape index (κ2) is 7.85. The Morgan fingerprint density at radius 1 is 1.06 bits per heavy atom. The van der Waals surface area contributed by atoms with E-state index in [-0.39, 0.29) is 61.3 Å². The average Bonchev–Trinajstić information content (AvgIpc) is 2.76. The summed E-state index contributed by atoms with van der Waals surface area (Å²) in [5.74, 6) is -6.95. The highest BCUT2D eigenvalue weighted by atomic mass is 19.3. The summed E-state index contributed by atoms with van der Waals surface area (Å²) < 4.78 is 54.4. The Labute approximate surface area is 190 Å². The smallest absolute Gasteiger partial charge is 0.268 e. The lowest BCUT2D eigenvalue weighted by Gasteiger charge is -2.34. The molecule has 2 saturated carbocycles. The number of hydrogen-bond donors (Lipinski definition) is 2. The van der Waals surface area contributed by atoms with Crippen molar-refractivity contribution in [2.45, 2.75) is 62.2 Å². The molecule has 0 saturated heterocycles. The third-order valence-electron chi connectivity index (χ3n) is 6.66. The molecule has 11 heteroatoms. The summed E-state index contributed by atoms with van der Waals surface area (Å²) in [6.45, 7) is 0. The molecule has 0 radical (unpaired) electrons. The normalized spacial score (nSPS) is 20.2. The Balaban J connectivity index is 1.61. The SMILES string of the molecule is NC(=O)c1nccc2[nH]c(-c3cnc(C4CC(F)(F)C4)nc3C3CCC(F)(F)CC3)cc(=O)c12. The zero-order valence-corrected chi connectivity index (χ0v) is 18.0. The predicted molar refractivity (Wildman–Crippen MR) is 115 cm³/mol. The van der Waals surface area contributed by atoms with Gasteiger partial charge in [-0.05, 0) is 18.9 Å². The van der Waals surface area contributed by atoms with Gasteiger partial charge in [0.1, 0.15) is 11.5 Å². The molecular formula is C23H21F4N5O2. The lowest BCUT2D eigenvalue weighted by Crippen LogP contribution is -2.35. The number of hydrogen-bond acceptors (Lipinski definition) is 5. The molecule has 3 N–H and O–H groups in total. The minimum Gasteiger partial charge on any atom is -0.364 e. The number of nitrogens with zero attached hydrogens (tertiary/aromatic N) is 3. The summed E-state index contributed by atoms with van der Waals surface area (Å²) >= 11 is 0. The van der Waals surface area contributed by atoms with E-state index < -0.39 is 29.1 Å². The summed E-state index contributed by atoms with van der Waals surface area (Å²) in [7, 11) is 0. The van der Waals surface area contributed by atoms with E-state index in [2.05, 4.69) is 19.9 Å². The summed E-state index contributed by atoms with van der Waals surface area (Å²) in [6, 6.07) is 2.77. The number of fused-ring (bicyclic) bond motifs is 1. The molecule has 3 heterocycles. The topological polar surface area (TPSA) is 115 Å². The lowest BCUT2D eigenvalue weighted by atomic mass is 9.79. The van der Waals surface area contributed by atoms with E-state index in [1.165, 1.54) is 24.5 Å². The molecule has 0 atom stereocenters. The highest BCUT2D eigenvalue weighted by molar-refractivity contribution is 6.03. The van der Waals surface area contributed by atoms with E-state index in [4.69, 9.17) is 5.73 Å². The largest absolute Gasteiger partial charge is 0.364 e. The van der Waals surface area contributed by atoms with E-state index in [0.717, 1.165) is 0 Å². The van der Waals surface area contributed by atoms with Crippen molar-refractivity contribution in [2.24, 2.45) is 5.73 Å². The van der Waals surface area contributed by atoms with Crippen LogP contribution in [0.5, 0.6) is 0 Å². The van der Waals surface area contributed by atoms with Gasteiger partial charge in [0.05, 0.1) is 22.3 Å². The molecule has 2 aliphatic carbocycles. The highest BCUT2D eigenvalue weighted by Gasteiger charge is 2.47. The fourth-order valence-corrected chi connectivity index (χ4v) is 4.81. The standard InChI is InChI=1S/C23H21F4N5O2/c24-22(25)4-1-11(2-5-22)18-13(10-30-21(32-18)12-8-23(26,27)9-12)15-7-16(33)17-14(31-15)3-6-29-19(17)20(28)34/h3,6-7,10-12H,1-2,4-5,8-9H2,(H2,28,34)(H,31,33). The van der Waals surface area contributed by atoms with Crippen LogP contribution in [0.3, 0.4) is 0 Å². The van der Waals surface area contributed by atoms with Crippen molar-refractivity contribution < 1.29 is 22.4 Å². The van der Waals surface area contributed by atoms with Crippen LogP contribution in [0.4, 0.5) is 17.6 Å². The van der Waals surface area contributed by atoms with Gasteiger partial charge in [0, 0.05) is 61.5 Å². The molecule has 34 heavy (non-hydrogen) atoms. The Morgan fingerprint density at radius 3 is 2.41 bits per heavy atom. The minimum atomic E-state index is -2.75. The number of halogens is 4. The van der Waals surface area contributed by atoms with Crippen molar-refractivity contribution in [1.29, 1.82) is 0 Å². The molecule has 0 bridgehead atoms. The maximum atomic E-state index is 13.8. The molecule has 3 aromatic rings. The number of primary amides is 1. The van der Waals surface area contributed by atoms with E-state index in [1.54, 1.807) is 0 Å². The molecule has 7 nitrogen and oxygen atoms in total. The number of aromatic nitrogens is 4. The zero-order chi connectivity index (χ0) is 24.3. The van der Waals surface area contributed by atoms with Crippen LogP contribution in [0.15, 0.2) is 29.3 Å². The van der Waals surface area contributed by atoms with Gasteiger partial charge in [-0.25, -0.2) is 27.5 Å². The minimum absolute atomic E-state index is 0.0341. The number of amides is 1. The first-order chi connectivity index (χ1) is 16.0. The fourth-order valence-electron chi connectivity index (χ4n) is 4.81. The number of carbonyl (C=O) groups excluding carboxylic acids is 1. The number of pyridine rings is 2. The fraction of sp³-hybridized carbons (Fsp3) is 0.435. The van der Waals surface area contributed by atoms with Gasteiger partial charge in [-0.2, -0.15) is 0 Å². The van der Waals surface area contributed by atoms with E-state index in [9.17, 15) is 27.2 Å². The van der Waals surface area contributed by atoms with Crippen LogP contribution in [0.25, 0.3) is 22.2 Å². The quantitative estimate of drug-likeness (QED) is 0.547. The third-order valence-corrected chi connectivity index (χ3v) is 6.66. The Kier molecular flexibility index (Phi) is 5.18. The first kappa shape index (κ1) is 22.4. The van der Waals surface area contributed by atoms with Gasteiger partial charge >= 0.3 is 0 Å². The van der Waals surface area contributed by atoms with Gasteiger partial charge in [0.15, 0.2) is 5.43 Å². The summed E-state index contributed by atoms with van der Waals surface area (Å²) in [5, 5.41) is 0.0341. The molecule has 0 aromatic carbocycles. The predicted octanol–water partition coefficient (Wildman–Crippen LogP) is 4.28. The number of rotatable bonds is 4. The number of H-pyrrole nitrogens is 1. The molecule has 1 amide bonds. The Morgan fingerprint density at radius 2 is 1.76 bits per heavy atom. The first-order valence-electron chi connectivity index (χ1n) is 11.0. The maximum absolute atomic E-state index is 13.8. The molecule has 0 unspecified atom stereocenters. The zero-order valence-electron chi connectivity index (χ0n) is 18.0. The van der Waals surface area contributed by atoms with Gasteiger partial charge in [-0.1, -0.05) is 0 Å². The number of nitrogens with two attached hydrogens (primary N) is 1. The maximum Gasteiger partial charge on any atom is 0.268 e. The van der Waals surface area contributed by atoms with Crippen molar-refractivity contribution >= 4 is 16.8 Å². The van der Waals surface area contributed by atoms with E-state index >= 15 is 0 Å². The molecular weight excluding hydrogens is 454 g/mol. The summed E-state index contributed by atoms with van der Waals surface area (Å²) in [6.07, 6.45) is 1.81. The van der Waals surface area contributed by atoms with Gasteiger partial charge in [-0.3, -0.25) is 14.6 Å². The number of aromatic amines is 1. The Hall–Kier alpha value is -3.37. The average molecular weight is 475 g/mol. The summed E-state index contributed by atoms with van der Waals surface area (Å²) in [5.41, 5.74) is 6.19. The third kappa shape index (κ3) is 4.03. The van der Waals surface area contributed by atoms with Gasteiger partial charge < -0.3 is 10.7 Å². The van der Waals surface area contributed by atoms with Gasteiger partial charge in [-0.15, -0.1) is 0 Å². The van der Waals surface area contributed by atoms with Crippen molar-refractivity contribution in [1.82, 2.24) is 19.9 Å². The van der Waals surface area contributed by atoms with E-state index in [0.29, 0.717) is 22.5 Å². The number of alkyl halides is 4. The van der Waals surface area contributed by atoms with Gasteiger partial charge in [0.25, 0.3) is 5.91 Å². The van der Waals surface area contributed by atoms with Crippen LogP contribution in [-0.2, 0) is 0 Å². The van der Waals surface area contributed by atoms with Crippen LogP contribution in [-0.4, -0.2) is 37.7 Å². The van der Waals surface area contributed by atoms with Crippen molar-refractivity contribution in [3.8, 4) is 11.3 Å². The monoisotopic (exact) mass is 475 g/mol. The second-order valence-electron chi connectivity index (χ2n) is 9.11. The molecule has 0 aliphatic heterocycles. The molecule has 178 valence electrons. The van der Waals surface area contributed by atoms with Crippen LogP contribution in [0.1, 0.15) is 72.4 Å². The highest BCUT2D eigenvalue weighted by Crippen LogP contribution is 2.48.